The fourth-order valence-electron chi connectivity index (χ4n) is 4.10. The maximum Gasteiger partial charge on any atom is 0.335 e. The summed E-state index contributed by atoms with van der Waals surface area (Å²) >= 11 is 0. The summed E-state index contributed by atoms with van der Waals surface area (Å²) in [4.78, 5) is 45.7. The number of aromatic carboxylic acids is 1. The predicted molar refractivity (Wildman–Crippen MR) is 136 cm³/mol. The Morgan fingerprint density at radius 3 is 2.50 bits per heavy atom. The summed E-state index contributed by atoms with van der Waals surface area (Å²) in [5, 5.41) is 22.8. The SMILES string of the molecule is Cc1cc(CNC(=O)c2cc(C(=O)N[C@H]3CCc4cc(C(=O)O)ccc43)nc(N=NC(C)C)n2)ccc1F. The van der Waals surface area contributed by atoms with Crippen molar-refractivity contribution in [1.82, 2.24) is 20.6 Å². The number of fused-ring (bicyclic) bond motifs is 1. The van der Waals surface area contributed by atoms with Crippen LogP contribution in [-0.2, 0) is 13.0 Å². The molecule has 2 amide bonds. The Morgan fingerprint density at radius 2 is 1.82 bits per heavy atom. The van der Waals surface area contributed by atoms with Crippen LogP contribution in [0.3, 0.4) is 0 Å². The number of halogens is 1. The van der Waals surface area contributed by atoms with Crippen molar-refractivity contribution in [3.63, 3.8) is 0 Å². The van der Waals surface area contributed by atoms with Crippen LogP contribution >= 0.6 is 0 Å². The molecule has 3 N–H and O–H groups in total. The van der Waals surface area contributed by atoms with Crippen molar-refractivity contribution in [1.29, 1.82) is 0 Å². The molecule has 1 atom stereocenters. The van der Waals surface area contributed by atoms with Gasteiger partial charge in [-0.1, -0.05) is 18.2 Å². The first-order chi connectivity index (χ1) is 18.1. The van der Waals surface area contributed by atoms with Crippen molar-refractivity contribution >= 4 is 23.7 Å². The van der Waals surface area contributed by atoms with Gasteiger partial charge in [0.1, 0.15) is 17.2 Å². The number of azo groups is 1. The van der Waals surface area contributed by atoms with E-state index in [1.807, 2.05) is 13.8 Å². The Bertz CT molecular complexity index is 1440. The number of hydrogen-bond donors (Lipinski definition) is 3. The summed E-state index contributed by atoms with van der Waals surface area (Å²) in [6.45, 7) is 5.39. The van der Waals surface area contributed by atoms with Gasteiger partial charge in [-0.15, -0.1) is 5.11 Å². The van der Waals surface area contributed by atoms with Crippen molar-refractivity contribution in [3.8, 4) is 0 Å². The monoisotopic (exact) mass is 518 g/mol. The minimum atomic E-state index is -1.01. The number of nitrogens with one attached hydrogen (secondary N) is 2. The smallest absolute Gasteiger partial charge is 0.335 e. The molecule has 0 unspecified atom stereocenters. The number of carbonyl (C=O) groups excluding carboxylic acids is 2. The van der Waals surface area contributed by atoms with Gasteiger partial charge >= 0.3 is 5.97 Å². The molecular weight excluding hydrogens is 491 g/mol. The Hall–Kier alpha value is -4.54. The highest BCUT2D eigenvalue weighted by atomic mass is 19.1. The lowest BCUT2D eigenvalue weighted by molar-refractivity contribution is 0.0696. The van der Waals surface area contributed by atoms with Crippen LogP contribution in [0.15, 0.2) is 52.7 Å². The van der Waals surface area contributed by atoms with Gasteiger partial charge in [0.05, 0.1) is 17.6 Å². The summed E-state index contributed by atoms with van der Waals surface area (Å²) in [5.41, 5.74) is 2.93. The maximum absolute atomic E-state index is 13.5. The maximum atomic E-state index is 13.5. The van der Waals surface area contributed by atoms with Crippen molar-refractivity contribution < 1.29 is 23.9 Å². The van der Waals surface area contributed by atoms with Crippen LogP contribution < -0.4 is 10.6 Å². The molecular formula is C27H27FN6O4. The van der Waals surface area contributed by atoms with E-state index in [4.69, 9.17) is 0 Å². The molecule has 38 heavy (non-hydrogen) atoms. The zero-order valence-electron chi connectivity index (χ0n) is 21.2. The van der Waals surface area contributed by atoms with E-state index in [2.05, 4.69) is 30.8 Å². The van der Waals surface area contributed by atoms with E-state index < -0.39 is 17.8 Å². The summed E-state index contributed by atoms with van der Waals surface area (Å²) in [6.07, 6.45) is 1.22. The van der Waals surface area contributed by atoms with E-state index in [-0.39, 0.29) is 47.3 Å². The largest absolute Gasteiger partial charge is 0.478 e. The topological polar surface area (TPSA) is 146 Å². The molecule has 10 nitrogen and oxygen atoms in total. The number of carboxylic acid groups (broad SMARTS) is 1. The minimum Gasteiger partial charge on any atom is -0.478 e. The van der Waals surface area contributed by atoms with Gasteiger partial charge in [-0.3, -0.25) is 9.59 Å². The number of nitrogens with zero attached hydrogens (tertiary/aromatic N) is 4. The summed E-state index contributed by atoms with van der Waals surface area (Å²) < 4.78 is 13.5. The van der Waals surface area contributed by atoms with Crippen LogP contribution in [0.2, 0.25) is 0 Å². The van der Waals surface area contributed by atoms with Crippen LogP contribution in [0.1, 0.15) is 79.9 Å². The Labute approximate surface area is 218 Å². The van der Waals surface area contributed by atoms with E-state index in [0.717, 1.165) is 11.1 Å². The number of hydrogen-bond acceptors (Lipinski definition) is 7. The zero-order chi connectivity index (χ0) is 27.4. The first kappa shape index (κ1) is 26.5. The molecule has 0 radical (unpaired) electrons. The molecule has 0 spiro atoms. The van der Waals surface area contributed by atoms with Crippen molar-refractivity contribution in [3.05, 3.63) is 87.5 Å². The second kappa shape index (κ2) is 11.2. The number of aryl methyl sites for hydroxylation is 2. The van der Waals surface area contributed by atoms with Gasteiger partial charge in [0.2, 0.25) is 0 Å². The van der Waals surface area contributed by atoms with E-state index in [0.29, 0.717) is 24.0 Å². The van der Waals surface area contributed by atoms with E-state index >= 15 is 0 Å². The zero-order valence-corrected chi connectivity index (χ0v) is 21.2. The molecule has 11 heteroatoms. The molecule has 1 aromatic heterocycles. The third kappa shape index (κ3) is 6.23. The fourth-order valence-corrected chi connectivity index (χ4v) is 4.10. The standard InChI is InChI=1S/C27H27FN6O4/c1-14(2)33-34-27-31-22(24(35)29-13-16-4-8-20(28)15(3)10-16)12-23(32-27)25(36)30-21-9-6-17-11-18(26(37)38)5-7-19(17)21/h4-5,7-8,10-12,14,21H,6,9,13H2,1-3H3,(H,29,35)(H,30,36)(H,37,38)/t21-/m0/s1. The Kier molecular flexibility index (Phi) is 7.85. The Morgan fingerprint density at radius 1 is 1.08 bits per heavy atom. The molecule has 1 aliphatic carbocycles. The first-order valence-corrected chi connectivity index (χ1v) is 12.1. The predicted octanol–water partition coefficient (Wildman–Crippen LogP) is 4.46. The van der Waals surface area contributed by atoms with Gasteiger partial charge in [-0.2, -0.15) is 5.11 Å². The van der Waals surface area contributed by atoms with E-state index in [1.165, 1.54) is 18.2 Å². The molecule has 0 saturated heterocycles. The average molecular weight is 519 g/mol. The number of benzene rings is 2. The van der Waals surface area contributed by atoms with Crippen molar-refractivity contribution in [2.75, 3.05) is 0 Å². The molecule has 0 fully saturated rings. The van der Waals surface area contributed by atoms with E-state index in [1.54, 1.807) is 31.2 Å². The lowest BCUT2D eigenvalue weighted by Gasteiger charge is -2.14. The highest BCUT2D eigenvalue weighted by Crippen LogP contribution is 2.32. The highest BCUT2D eigenvalue weighted by molar-refractivity contribution is 5.98. The third-order valence-electron chi connectivity index (χ3n) is 6.01. The Balaban J connectivity index is 1.55. The molecule has 0 saturated carbocycles. The van der Waals surface area contributed by atoms with Crippen molar-refractivity contribution in [2.24, 2.45) is 10.2 Å². The number of carboxylic acids is 1. The highest BCUT2D eigenvalue weighted by Gasteiger charge is 2.26. The molecule has 0 aliphatic heterocycles. The van der Waals surface area contributed by atoms with Crippen LogP contribution in [0.5, 0.6) is 0 Å². The lowest BCUT2D eigenvalue weighted by Crippen LogP contribution is -2.29. The van der Waals surface area contributed by atoms with Crippen LogP contribution in [0.25, 0.3) is 0 Å². The van der Waals surface area contributed by atoms with Crippen LogP contribution in [-0.4, -0.2) is 38.9 Å². The molecule has 2 aromatic carbocycles. The second-order valence-corrected chi connectivity index (χ2v) is 9.30. The van der Waals surface area contributed by atoms with Gasteiger partial charge in [0.25, 0.3) is 17.8 Å². The molecule has 4 rings (SSSR count). The van der Waals surface area contributed by atoms with Crippen molar-refractivity contribution in [2.45, 2.75) is 52.2 Å². The first-order valence-electron chi connectivity index (χ1n) is 12.1. The summed E-state index contributed by atoms with van der Waals surface area (Å²) in [5.74, 6) is -2.57. The molecule has 3 aromatic rings. The number of carbonyl (C=O) groups is 3. The van der Waals surface area contributed by atoms with Gasteiger partial charge in [0.15, 0.2) is 0 Å². The summed E-state index contributed by atoms with van der Waals surface area (Å²) in [6, 6.07) is 10.1. The summed E-state index contributed by atoms with van der Waals surface area (Å²) in [7, 11) is 0. The van der Waals surface area contributed by atoms with Gasteiger partial charge in [-0.25, -0.2) is 19.2 Å². The van der Waals surface area contributed by atoms with Crippen LogP contribution in [0.4, 0.5) is 10.3 Å². The van der Waals surface area contributed by atoms with E-state index in [9.17, 15) is 23.9 Å². The molecule has 196 valence electrons. The van der Waals surface area contributed by atoms with Gasteiger partial charge in [-0.05, 0) is 74.1 Å². The number of aromatic nitrogens is 2. The fraction of sp³-hybridized carbons (Fsp3) is 0.296. The molecule has 1 aliphatic rings. The van der Waals surface area contributed by atoms with Crippen LogP contribution in [0, 0.1) is 12.7 Å². The second-order valence-electron chi connectivity index (χ2n) is 9.30. The normalized spacial score (nSPS) is 14.5. The van der Waals surface area contributed by atoms with Gasteiger partial charge < -0.3 is 15.7 Å². The quantitative estimate of drug-likeness (QED) is 0.375. The molecule has 1 heterocycles. The number of amides is 2. The minimum absolute atomic E-state index is 0.0592. The third-order valence-corrected chi connectivity index (χ3v) is 6.01. The lowest BCUT2D eigenvalue weighted by atomic mass is 10.0. The van der Waals surface area contributed by atoms with Gasteiger partial charge in [0, 0.05) is 12.6 Å². The number of rotatable bonds is 8. The molecule has 0 bridgehead atoms. The average Bonchev–Trinajstić information content (AvgIpc) is 3.29.